The van der Waals surface area contributed by atoms with Gasteiger partial charge in [0.05, 0.1) is 0 Å². The van der Waals surface area contributed by atoms with Crippen LogP contribution in [0.2, 0.25) is 0 Å². The maximum atomic E-state index is 8.58. The minimum absolute atomic E-state index is 0.250. The second-order valence-corrected chi connectivity index (χ2v) is 0.374. The van der Waals surface area contributed by atoms with Crippen molar-refractivity contribution in [3.63, 3.8) is 0 Å². The van der Waals surface area contributed by atoms with Gasteiger partial charge in [0.2, 0.25) is 6.41 Å². The Morgan fingerprint density at radius 2 is 1.86 bits per heavy atom. The number of carbonyl (C=O) groups is 1. The lowest BCUT2D eigenvalue weighted by Crippen LogP contribution is -1.82. The van der Waals surface area contributed by atoms with Crippen LogP contribution in [0.4, 0.5) is 0 Å². The molecule has 0 heterocycles. The molecule has 42 valence electrons. The van der Waals surface area contributed by atoms with E-state index in [0.717, 1.165) is 0 Å². The smallest absolute Gasteiger partial charge is 0.291 e. The summed E-state index contributed by atoms with van der Waals surface area (Å²) in [6.07, 6.45) is 0.250. The lowest BCUT2D eigenvalue weighted by molar-refractivity contribution is -0.742. The van der Waals surface area contributed by atoms with E-state index < -0.39 is 5.09 Å². The Morgan fingerprint density at radius 3 is 1.86 bits per heavy atom. The molecule has 0 unspecified atom stereocenters. The van der Waals surface area contributed by atoms with Crippen LogP contribution in [0, 0.1) is 10.1 Å². The minimum Gasteiger partial charge on any atom is -0.372 e. The first kappa shape index (κ1) is 9.18. The fourth-order valence-electron chi connectivity index (χ4n) is 0. The van der Waals surface area contributed by atoms with Crippen LogP contribution in [0.3, 0.4) is 0 Å². The van der Waals surface area contributed by atoms with Crippen LogP contribution in [0.25, 0.3) is 0 Å². The molecule has 0 aromatic rings. The second-order valence-electron chi connectivity index (χ2n) is 0.374. The van der Waals surface area contributed by atoms with E-state index in [2.05, 4.69) is 5.73 Å². The summed E-state index contributed by atoms with van der Waals surface area (Å²) in [6, 6.07) is 0. The molecule has 0 bridgehead atoms. The predicted octanol–water partition coefficient (Wildman–Crippen LogP) is -1.25. The average Bonchev–Trinajstić information content (AvgIpc) is 1.33. The molecule has 0 saturated heterocycles. The van der Waals surface area contributed by atoms with E-state index in [4.69, 9.17) is 20.1 Å². The molecular weight excluding hydrogens is 104 g/mol. The zero-order valence-electron chi connectivity index (χ0n) is 3.27. The Kier molecular flexibility index (Phi) is 11.6. The summed E-state index contributed by atoms with van der Waals surface area (Å²) < 4.78 is 0. The molecule has 0 radical (unpaired) electrons. The second kappa shape index (κ2) is 8.82. The predicted molar refractivity (Wildman–Crippen MR) is 19.0 cm³/mol. The molecule has 0 spiro atoms. The van der Waals surface area contributed by atoms with Gasteiger partial charge in [-0.25, -0.2) is 0 Å². The highest BCUT2D eigenvalue weighted by molar-refractivity contribution is 5.42. The van der Waals surface area contributed by atoms with Crippen molar-refractivity contribution in [2.75, 3.05) is 0 Å². The fourth-order valence-corrected chi connectivity index (χ4v) is 0. The molecule has 0 fully saturated rings. The fraction of sp³-hybridized carbons (Fsp3) is 0. The quantitative estimate of drug-likeness (QED) is 0.230. The monoisotopic (exact) mass is 108 g/mol. The van der Waals surface area contributed by atoms with Crippen LogP contribution in [-0.4, -0.2) is 16.7 Å². The highest BCUT2D eigenvalue weighted by Crippen LogP contribution is 1.38. The maximum absolute atomic E-state index is 8.58. The van der Waals surface area contributed by atoms with Crippen molar-refractivity contribution in [2.45, 2.75) is 0 Å². The zero-order chi connectivity index (χ0) is 6.28. The van der Waals surface area contributed by atoms with E-state index in [1.54, 1.807) is 0 Å². The number of hydrogen-bond acceptors (Lipinski definition) is 3. The molecule has 0 atom stereocenters. The summed E-state index contributed by atoms with van der Waals surface area (Å²) >= 11 is 0. The summed E-state index contributed by atoms with van der Waals surface area (Å²) in [5.74, 6) is 0. The molecule has 0 aromatic carbocycles. The summed E-state index contributed by atoms with van der Waals surface area (Å²) in [5, 5.41) is 13.6. The molecule has 3 N–H and O–H groups in total. The molecule has 0 saturated carbocycles. The highest BCUT2D eigenvalue weighted by Gasteiger charge is 1.65. The van der Waals surface area contributed by atoms with Crippen molar-refractivity contribution in [3.05, 3.63) is 10.1 Å². The molecule has 0 aromatic heterocycles. The van der Waals surface area contributed by atoms with Crippen LogP contribution >= 0.6 is 0 Å². The van der Waals surface area contributed by atoms with E-state index in [1.807, 2.05) is 0 Å². The Hall–Kier alpha value is -1.33. The number of rotatable bonds is 0. The molecule has 6 nitrogen and oxygen atoms in total. The van der Waals surface area contributed by atoms with Gasteiger partial charge < -0.3 is 10.9 Å². The molecular formula is CH4N2O4. The first-order valence-corrected chi connectivity index (χ1v) is 1.13. The van der Waals surface area contributed by atoms with E-state index in [1.165, 1.54) is 0 Å². The SMILES string of the molecule is NC=O.O=[N+]([O-])O. The Balaban J connectivity index is 0. The van der Waals surface area contributed by atoms with Crippen molar-refractivity contribution < 1.29 is 15.1 Å². The Labute approximate surface area is 38.6 Å². The van der Waals surface area contributed by atoms with E-state index in [0.29, 0.717) is 0 Å². The topological polar surface area (TPSA) is 106 Å². The van der Waals surface area contributed by atoms with Crippen molar-refractivity contribution in [3.8, 4) is 0 Å². The van der Waals surface area contributed by atoms with Gasteiger partial charge in [0, 0.05) is 0 Å². The van der Waals surface area contributed by atoms with Gasteiger partial charge in [-0.1, -0.05) is 0 Å². The lowest BCUT2D eigenvalue weighted by atomic mass is 11.5. The van der Waals surface area contributed by atoms with Gasteiger partial charge in [0.15, 0.2) is 0 Å². The van der Waals surface area contributed by atoms with Gasteiger partial charge in [-0.2, -0.15) is 0 Å². The third-order valence-electron chi connectivity index (χ3n) is 0. The summed E-state index contributed by atoms with van der Waals surface area (Å²) in [4.78, 5) is 16.9. The molecule has 1 amide bonds. The van der Waals surface area contributed by atoms with Gasteiger partial charge in [-0.15, -0.1) is 10.1 Å². The van der Waals surface area contributed by atoms with Crippen LogP contribution in [0.5, 0.6) is 0 Å². The molecule has 0 aliphatic heterocycles. The van der Waals surface area contributed by atoms with Crippen molar-refractivity contribution >= 4 is 6.41 Å². The van der Waals surface area contributed by atoms with Gasteiger partial charge >= 0.3 is 0 Å². The molecule has 0 aliphatic carbocycles. The number of nitrogens with two attached hydrogens (primary N) is 1. The molecule has 6 heteroatoms. The van der Waals surface area contributed by atoms with Gasteiger partial charge in [0.25, 0.3) is 5.09 Å². The van der Waals surface area contributed by atoms with Gasteiger partial charge in [0.1, 0.15) is 0 Å². The Morgan fingerprint density at radius 1 is 1.86 bits per heavy atom. The normalized spacial score (nSPS) is 5.14. The number of hydrogen-bond donors (Lipinski definition) is 2. The molecule has 0 rings (SSSR count). The highest BCUT2D eigenvalue weighted by atomic mass is 16.9. The van der Waals surface area contributed by atoms with Crippen molar-refractivity contribution in [2.24, 2.45) is 5.73 Å². The molecule has 0 aliphatic rings. The van der Waals surface area contributed by atoms with Crippen LogP contribution in [0.1, 0.15) is 0 Å². The van der Waals surface area contributed by atoms with Crippen molar-refractivity contribution in [1.29, 1.82) is 0 Å². The first-order chi connectivity index (χ1) is 3.15. The maximum Gasteiger partial charge on any atom is 0.291 e. The van der Waals surface area contributed by atoms with Crippen LogP contribution < -0.4 is 5.73 Å². The summed E-state index contributed by atoms with van der Waals surface area (Å²) in [5.41, 5.74) is 4.17. The van der Waals surface area contributed by atoms with Gasteiger partial charge in [-0.3, -0.25) is 4.79 Å². The molecule has 7 heavy (non-hydrogen) atoms. The van der Waals surface area contributed by atoms with E-state index in [-0.39, 0.29) is 6.41 Å². The largest absolute Gasteiger partial charge is 0.372 e. The number of carbonyl (C=O) groups excluding carboxylic acids is 1. The summed E-state index contributed by atoms with van der Waals surface area (Å²) in [7, 11) is 0. The minimum atomic E-state index is -1.50. The van der Waals surface area contributed by atoms with Gasteiger partial charge in [-0.05, 0) is 0 Å². The third-order valence-corrected chi connectivity index (χ3v) is 0. The summed E-state index contributed by atoms with van der Waals surface area (Å²) in [6.45, 7) is 0. The third kappa shape index (κ3) is 18.8. The Bertz CT molecular complexity index is 56.7. The number of nitrogens with zero attached hydrogens (tertiary/aromatic N) is 1. The average molecular weight is 108 g/mol. The standard InChI is InChI=1S/CH3NO.HNO3/c2-1-3;2-1(3)4/h1H,(H2,2,3);(H,2,3,4). The number of amides is 1. The van der Waals surface area contributed by atoms with Crippen LogP contribution in [0.15, 0.2) is 0 Å². The van der Waals surface area contributed by atoms with E-state index >= 15 is 0 Å². The number of primary amides is 1. The lowest BCUT2D eigenvalue weighted by Gasteiger charge is -1.56. The van der Waals surface area contributed by atoms with Crippen LogP contribution in [-0.2, 0) is 4.79 Å². The zero-order valence-corrected chi connectivity index (χ0v) is 3.27. The van der Waals surface area contributed by atoms with Crippen molar-refractivity contribution in [1.82, 2.24) is 0 Å². The van der Waals surface area contributed by atoms with E-state index in [9.17, 15) is 0 Å². The first-order valence-electron chi connectivity index (χ1n) is 1.13.